The van der Waals surface area contributed by atoms with E-state index in [1.807, 2.05) is 13.0 Å². The number of hydrogen-bond donors (Lipinski definition) is 2. The average Bonchev–Trinajstić information content (AvgIpc) is 3.03. The SMILES string of the molecule is CCn1nnc2cc(C(=O)NC(C)c3ccccc3NS(C)(=O)=O)ccc21. The molecule has 0 bridgehead atoms. The maximum atomic E-state index is 12.6. The summed E-state index contributed by atoms with van der Waals surface area (Å²) in [4.78, 5) is 12.6. The fourth-order valence-corrected chi connectivity index (χ4v) is 3.46. The summed E-state index contributed by atoms with van der Waals surface area (Å²) in [5, 5.41) is 11.0. The van der Waals surface area contributed by atoms with Crippen molar-refractivity contribution in [3.05, 3.63) is 53.6 Å². The van der Waals surface area contributed by atoms with Crippen molar-refractivity contribution in [3.63, 3.8) is 0 Å². The largest absolute Gasteiger partial charge is 0.345 e. The van der Waals surface area contributed by atoms with E-state index in [1.54, 1.807) is 48.0 Å². The van der Waals surface area contributed by atoms with Gasteiger partial charge in [-0.3, -0.25) is 9.52 Å². The Morgan fingerprint density at radius 3 is 2.67 bits per heavy atom. The van der Waals surface area contributed by atoms with Crippen LogP contribution in [0, 0.1) is 0 Å². The Morgan fingerprint density at radius 1 is 1.22 bits per heavy atom. The Balaban J connectivity index is 1.82. The van der Waals surface area contributed by atoms with Crippen molar-refractivity contribution < 1.29 is 13.2 Å². The second-order valence-corrected chi connectivity index (χ2v) is 8.01. The van der Waals surface area contributed by atoms with Gasteiger partial charge in [0.05, 0.1) is 23.5 Å². The predicted molar refractivity (Wildman–Crippen MR) is 104 cm³/mol. The summed E-state index contributed by atoms with van der Waals surface area (Å²) in [6, 6.07) is 11.8. The number of fused-ring (bicyclic) bond motifs is 1. The number of anilines is 1. The first-order chi connectivity index (χ1) is 12.8. The summed E-state index contributed by atoms with van der Waals surface area (Å²) < 4.78 is 27.3. The van der Waals surface area contributed by atoms with Gasteiger partial charge >= 0.3 is 0 Å². The van der Waals surface area contributed by atoms with Crippen molar-refractivity contribution in [1.29, 1.82) is 0 Å². The molecule has 0 fully saturated rings. The number of benzene rings is 2. The Labute approximate surface area is 157 Å². The van der Waals surface area contributed by atoms with E-state index >= 15 is 0 Å². The standard InChI is InChI=1S/C18H21N5O3S/c1-4-23-17-10-9-13(11-16(17)20-22-23)18(24)19-12(2)14-7-5-6-8-15(14)21-27(3,25)26/h5-12,21H,4H2,1-3H3,(H,19,24). The van der Waals surface area contributed by atoms with Gasteiger partial charge in [-0.15, -0.1) is 5.10 Å². The first kappa shape index (κ1) is 18.8. The van der Waals surface area contributed by atoms with Crippen molar-refractivity contribution in [1.82, 2.24) is 20.3 Å². The molecule has 8 nitrogen and oxygen atoms in total. The molecule has 0 radical (unpaired) electrons. The number of rotatable bonds is 6. The van der Waals surface area contributed by atoms with Crippen LogP contribution in [0.1, 0.15) is 35.8 Å². The molecule has 0 saturated heterocycles. The minimum absolute atomic E-state index is 0.274. The molecule has 0 spiro atoms. The summed E-state index contributed by atoms with van der Waals surface area (Å²) in [5.74, 6) is -0.274. The smallest absolute Gasteiger partial charge is 0.251 e. The lowest BCUT2D eigenvalue weighted by Crippen LogP contribution is -2.27. The van der Waals surface area contributed by atoms with Crippen LogP contribution >= 0.6 is 0 Å². The van der Waals surface area contributed by atoms with Crippen molar-refractivity contribution in [2.45, 2.75) is 26.4 Å². The van der Waals surface area contributed by atoms with E-state index in [0.717, 1.165) is 11.8 Å². The highest BCUT2D eigenvalue weighted by molar-refractivity contribution is 7.92. The summed E-state index contributed by atoms with van der Waals surface area (Å²) in [6.07, 6.45) is 1.09. The molecule has 2 aromatic carbocycles. The highest BCUT2D eigenvalue weighted by Gasteiger charge is 2.17. The van der Waals surface area contributed by atoms with E-state index < -0.39 is 16.1 Å². The van der Waals surface area contributed by atoms with Crippen LogP contribution in [-0.2, 0) is 16.6 Å². The third kappa shape index (κ3) is 4.25. The monoisotopic (exact) mass is 387 g/mol. The van der Waals surface area contributed by atoms with Crippen molar-refractivity contribution in [3.8, 4) is 0 Å². The Hall–Kier alpha value is -2.94. The molecule has 1 heterocycles. The van der Waals surface area contributed by atoms with Crippen LogP contribution in [0.25, 0.3) is 11.0 Å². The number of aromatic nitrogens is 3. The molecule has 1 amide bonds. The quantitative estimate of drug-likeness (QED) is 0.675. The Kier molecular flexibility index (Phi) is 5.13. The average molecular weight is 387 g/mol. The third-order valence-electron chi connectivity index (χ3n) is 4.15. The highest BCUT2D eigenvalue weighted by Crippen LogP contribution is 2.24. The molecule has 3 aromatic rings. The van der Waals surface area contributed by atoms with Crippen LogP contribution in [0.3, 0.4) is 0 Å². The molecule has 0 saturated carbocycles. The number of amides is 1. The van der Waals surface area contributed by atoms with Crippen LogP contribution in [0.5, 0.6) is 0 Å². The Morgan fingerprint density at radius 2 is 1.96 bits per heavy atom. The van der Waals surface area contributed by atoms with E-state index in [-0.39, 0.29) is 5.91 Å². The van der Waals surface area contributed by atoms with Gasteiger partial charge in [0.1, 0.15) is 5.52 Å². The van der Waals surface area contributed by atoms with Crippen molar-refractivity contribution in [2.75, 3.05) is 11.0 Å². The fourth-order valence-electron chi connectivity index (χ4n) is 2.87. The highest BCUT2D eigenvalue weighted by atomic mass is 32.2. The Bertz CT molecular complexity index is 1090. The zero-order valence-corrected chi connectivity index (χ0v) is 16.1. The zero-order chi connectivity index (χ0) is 19.6. The van der Waals surface area contributed by atoms with Gasteiger partial charge in [0.15, 0.2) is 0 Å². The van der Waals surface area contributed by atoms with Crippen LogP contribution < -0.4 is 10.0 Å². The lowest BCUT2D eigenvalue weighted by Gasteiger charge is -2.18. The second kappa shape index (κ2) is 7.36. The number of hydrogen-bond acceptors (Lipinski definition) is 5. The molecule has 1 aromatic heterocycles. The first-order valence-corrected chi connectivity index (χ1v) is 10.4. The summed E-state index contributed by atoms with van der Waals surface area (Å²) >= 11 is 0. The van der Waals surface area contributed by atoms with Gasteiger partial charge in [-0.1, -0.05) is 23.4 Å². The van der Waals surface area contributed by atoms with Crippen LogP contribution in [0.4, 0.5) is 5.69 Å². The van der Waals surface area contributed by atoms with E-state index in [4.69, 9.17) is 0 Å². The first-order valence-electron chi connectivity index (χ1n) is 8.49. The number of nitrogens with one attached hydrogen (secondary N) is 2. The van der Waals surface area contributed by atoms with Gasteiger partial charge in [0.2, 0.25) is 10.0 Å². The molecular formula is C18H21N5O3S. The lowest BCUT2D eigenvalue weighted by molar-refractivity contribution is 0.0940. The second-order valence-electron chi connectivity index (χ2n) is 6.27. The van der Waals surface area contributed by atoms with Gasteiger partial charge in [-0.25, -0.2) is 13.1 Å². The normalized spacial score (nSPS) is 12.7. The molecule has 27 heavy (non-hydrogen) atoms. The molecule has 9 heteroatoms. The topological polar surface area (TPSA) is 106 Å². The van der Waals surface area contributed by atoms with Gasteiger partial charge < -0.3 is 5.32 Å². The number of nitrogens with zero attached hydrogens (tertiary/aromatic N) is 3. The van der Waals surface area contributed by atoms with Crippen molar-refractivity contribution in [2.24, 2.45) is 0 Å². The molecular weight excluding hydrogens is 366 g/mol. The molecule has 0 aliphatic carbocycles. The number of para-hydroxylation sites is 1. The molecule has 0 aliphatic heterocycles. The van der Waals surface area contributed by atoms with E-state index in [9.17, 15) is 13.2 Å². The lowest BCUT2D eigenvalue weighted by atomic mass is 10.1. The van der Waals surface area contributed by atoms with E-state index in [2.05, 4.69) is 20.4 Å². The van der Waals surface area contributed by atoms with Crippen LogP contribution in [0.15, 0.2) is 42.5 Å². The molecule has 0 aliphatic rings. The summed E-state index contributed by atoms with van der Waals surface area (Å²) in [5.41, 5.74) is 3.09. The number of carbonyl (C=O) groups excluding carboxylic acids is 1. The number of sulfonamides is 1. The molecule has 1 unspecified atom stereocenters. The minimum Gasteiger partial charge on any atom is -0.345 e. The molecule has 2 N–H and O–H groups in total. The van der Waals surface area contributed by atoms with Gasteiger partial charge in [-0.05, 0) is 43.7 Å². The number of carbonyl (C=O) groups is 1. The molecule has 1 atom stereocenters. The van der Waals surface area contributed by atoms with Crippen LogP contribution in [0.2, 0.25) is 0 Å². The number of aryl methyl sites for hydroxylation is 1. The summed E-state index contributed by atoms with van der Waals surface area (Å²) in [7, 11) is -3.42. The molecule has 142 valence electrons. The van der Waals surface area contributed by atoms with Gasteiger partial charge in [-0.2, -0.15) is 0 Å². The van der Waals surface area contributed by atoms with Crippen molar-refractivity contribution >= 4 is 32.7 Å². The van der Waals surface area contributed by atoms with Gasteiger partial charge in [0, 0.05) is 12.1 Å². The van der Waals surface area contributed by atoms with E-state index in [1.165, 1.54) is 0 Å². The van der Waals surface area contributed by atoms with Gasteiger partial charge in [0.25, 0.3) is 5.91 Å². The van der Waals surface area contributed by atoms with E-state index in [0.29, 0.717) is 28.9 Å². The minimum atomic E-state index is -3.42. The maximum absolute atomic E-state index is 12.6. The summed E-state index contributed by atoms with van der Waals surface area (Å²) in [6.45, 7) is 4.47. The third-order valence-corrected chi connectivity index (χ3v) is 4.74. The fraction of sp³-hybridized carbons (Fsp3) is 0.278. The predicted octanol–water partition coefficient (Wildman–Crippen LogP) is 2.31. The van der Waals surface area contributed by atoms with Crippen LogP contribution in [-0.4, -0.2) is 35.6 Å². The zero-order valence-electron chi connectivity index (χ0n) is 15.3. The molecule has 3 rings (SSSR count). The maximum Gasteiger partial charge on any atom is 0.251 e.